The van der Waals surface area contributed by atoms with Gasteiger partial charge in [-0.1, -0.05) is 42.1 Å². The lowest BCUT2D eigenvalue weighted by Gasteiger charge is -2.05. The van der Waals surface area contributed by atoms with Crippen molar-refractivity contribution in [2.24, 2.45) is 0 Å². The lowest BCUT2D eigenvalue weighted by molar-refractivity contribution is 1.38. The van der Waals surface area contributed by atoms with Crippen LogP contribution in [0.1, 0.15) is 0 Å². The molecular formula is C14H13S2+. The first-order chi connectivity index (χ1) is 7.86. The Bertz CT molecular complexity index is 520. The maximum Gasteiger partial charge on any atom is 0.163 e. The number of hydrogen-bond donors (Lipinski definition) is 0. The second kappa shape index (κ2) is 4.19. The molecule has 0 radical (unpaired) electrons. The van der Waals surface area contributed by atoms with Crippen LogP contribution in [0.25, 0.3) is 11.1 Å². The van der Waals surface area contributed by atoms with E-state index in [-0.39, 0.29) is 0 Å². The molecule has 2 heteroatoms. The molecule has 2 aromatic rings. The van der Waals surface area contributed by atoms with Gasteiger partial charge >= 0.3 is 0 Å². The molecule has 1 unspecified atom stereocenters. The first-order valence-electron chi connectivity index (χ1n) is 5.30. The minimum atomic E-state index is 0.354. The summed E-state index contributed by atoms with van der Waals surface area (Å²) in [6, 6.07) is 17.6. The van der Waals surface area contributed by atoms with E-state index in [0.717, 1.165) is 0 Å². The molecule has 16 heavy (non-hydrogen) atoms. The third kappa shape index (κ3) is 1.66. The Balaban J connectivity index is 2.28. The Kier molecular flexibility index (Phi) is 2.70. The third-order valence-corrected chi connectivity index (χ3v) is 6.49. The van der Waals surface area contributed by atoms with Crippen molar-refractivity contribution in [3.05, 3.63) is 48.5 Å². The van der Waals surface area contributed by atoms with Gasteiger partial charge in [0, 0.05) is 26.9 Å². The highest BCUT2D eigenvalue weighted by atomic mass is 32.2. The van der Waals surface area contributed by atoms with Crippen LogP contribution in [0.5, 0.6) is 0 Å². The number of hydrogen-bond acceptors (Lipinski definition) is 1. The minimum absolute atomic E-state index is 0.354. The zero-order valence-corrected chi connectivity index (χ0v) is 10.8. The van der Waals surface area contributed by atoms with Crippen LogP contribution < -0.4 is 0 Å². The van der Waals surface area contributed by atoms with Gasteiger partial charge in [-0.15, -0.1) is 0 Å². The van der Waals surface area contributed by atoms with Crippen LogP contribution in [0, 0.1) is 0 Å². The van der Waals surface area contributed by atoms with E-state index in [1.165, 1.54) is 26.0 Å². The van der Waals surface area contributed by atoms with Gasteiger partial charge in [0.1, 0.15) is 6.26 Å². The average molecular weight is 245 g/mol. The molecule has 0 aromatic heterocycles. The Hall–Kier alpha value is -0.860. The molecule has 3 rings (SSSR count). The Morgan fingerprint density at radius 2 is 1.62 bits per heavy atom. The predicted octanol–water partition coefficient (Wildman–Crippen LogP) is 4.02. The highest BCUT2D eigenvalue weighted by Gasteiger charge is 2.25. The first kappa shape index (κ1) is 10.3. The fourth-order valence-corrected chi connectivity index (χ4v) is 5.12. The van der Waals surface area contributed by atoms with Crippen molar-refractivity contribution in [1.29, 1.82) is 0 Å². The molecular weight excluding hydrogens is 232 g/mol. The molecule has 0 aliphatic carbocycles. The highest BCUT2D eigenvalue weighted by molar-refractivity contribution is 8.14. The Morgan fingerprint density at radius 1 is 0.938 bits per heavy atom. The average Bonchev–Trinajstić information content (AvgIpc) is 2.49. The fraction of sp³-hybridized carbons (Fsp3) is 0.143. The summed E-state index contributed by atoms with van der Waals surface area (Å²) in [6.45, 7) is 0. The van der Waals surface area contributed by atoms with E-state index in [9.17, 15) is 0 Å². The number of rotatable bonds is 0. The van der Waals surface area contributed by atoms with Crippen LogP contribution in [0.3, 0.4) is 0 Å². The van der Waals surface area contributed by atoms with Crippen LogP contribution in [0.15, 0.2) is 58.3 Å². The fourth-order valence-electron chi connectivity index (χ4n) is 2.02. The van der Waals surface area contributed by atoms with Gasteiger partial charge in [-0.2, -0.15) is 0 Å². The standard InChI is InChI=1S/C14H13S2/c1-16-10-15-13-8-4-2-6-11(13)12-7-3-5-9-14(12)16/h2-9H,10H2,1H3/q+1. The molecule has 0 fully saturated rings. The molecule has 1 aliphatic rings. The lowest BCUT2D eigenvalue weighted by atomic mass is 10.1. The summed E-state index contributed by atoms with van der Waals surface area (Å²) in [6.07, 6.45) is 2.34. The first-order valence-corrected chi connectivity index (χ1v) is 8.09. The van der Waals surface area contributed by atoms with Gasteiger partial charge < -0.3 is 0 Å². The molecule has 0 nitrogen and oxygen atoms in total. The van der Waals surface area contributed by atoms with E-state index in [4.69, 9.17) is 0 Å². The van der Waals surface area contributed by atoms with Gasteiger partial charge in [0.15, 0.2) is 9.98 Å². The smallest absolute Gasteiger partial charge is 0.0714 e. The largest absolute Gasteiger partial charge is 0.163 e. The van der Waals surface area contributed by atoms with Gasteiger partial charge in [-0.05, 0) is 18.2 Å². The Labute approximate surface area is 103 Å². The summed E-state index contributed by atoms with van der Waals surface area (Å²) in [5, 5.41) is 1.20. The van der Waals surface area contributed by atoms with Crippen LogP contribution in [-0.4, -0.2) is 11.3 Å². The normalized spacial score (nSPS) is 18.4. The molecule has 1 aliphatic heterocycles. The van der Waals surface area contributed by atoms with Gasteiger partial charge in [-0.25, -0.2) is 0 Å². The van der Waals surface area contributed by atoms with Crippen molar-refractivity contribution in [2.45, 2.75) is 9.79 Å². The quantitative estimate of drug-likeness (QED) is 0.632. The van der Waals surface area contributed by atoms with Crippen LogP contribution >= 0.6 is 11.8 Å². The van der Waals surface area contributed by atoms with Gasteiger partial charge in [0.05, 0.1) is 0 Å². The van der Waals surface area contributed by atoms with E-state index < -0.39 is 0 Å². The number of benzene rings is 2. The molecule has 1 heterocycles. The van der Waals surface area contributed by atoms with Crippen molar-refractivity contribution in [3.8, 4) is 11.1 Å². The van der Waals surface area contributed by atoms with Crippen LogP contribution in [0.2, 0.25) is 0 Å². The number of fused-ring (bicyclic) bond motifs is 3. The van der Waals surface area contributed by atoms with E-state index in [1.54, 1.807) is 0 Å². The molecule has 1 atom stereocenters. The Morgan fingerprint density at radius 3 is 2.50 bits per heavy atom. The topological polar surface area (TPSA) is 0 Å². The summed E-state index contributed by atoms with van der Waals surface area (Å²) in [4.78, 5) is 2.94. The molecule has 0 saturated heterocycles. The third-order valence-electron chi connectivity index (χ3n) is 2.83. The van der Waals surface area contributed by atoms with E-state index in [1.807, 2.05) is 11.8 Å². The van der Waals surface area contributed by atoms with Crippen molar-refractivity contribution >= 4 is 22.7 Å². The maximum absolute atomic E-state index is 2.34. The van der Waals surface area contributed by atoms with Crippen LogP contribution in [0.4, 0.5) is 0 Å². The summed E-state index contributed by atoms with van der Waals surface area (Å²) >= 11 is 1.99. The van der Waals surface area contributed by atoms with Crippen molar-refractivity contribution in [1.82, 2.24) is 0 Å². The van der Waals surface area contributed by atoms with Crippen molar-refractivity contribution in [2.75, 3.05) is 11.3 Å². The van der Waals surface area contributed by atoms with E-state index >= 15 is 0 Å². The van der Waals surface area contributed by atoms with Gasteiger partial charge in [-0.3, -0.25) is 0 Å². The molecule has 0 N–H and O–H groups in total. The SMILES string of the molecule is C[S+]1CSc2ccccc2-c2ccccc21. The highest BCUT2D eigenvalue weighted by Crippen LogP contribution is 2.40. The summed E-state index contributed by atoms with van der Waals surface area (Å²) < 4.78 is 0. The summed E-state index contributed by atoms with van der Waals surface area (Å²) in [7, 11) is 0.354. The van der Waals surface area contributed by atoms with Crippen LogP contribution in [-0.2, 0) is 10.9 Å². The molecule has 0 spiro atoms. The summed E-state index contributed by atoms with van der Waals surface area (Å²) in [5.41, 5.74) is 2.83. The molecule has 0 bridgehead atoms. The van der Waals surface area contributed by atoms with E-state index in [2.05, 4.69) is 54.8 Å². The van der Waals surface area contributed by atoms with Crippen molar-refractivity contribution < 1.29 is 0 Å². The summed E-state index contributed by atoms with van der Waals surface area (Å²) in [5.74, 6) is 0. The molecule has 2 aromatic carbocycles. The zero-order chi connectivity index (χ0) is 11.0. The monoisotopic (exact) mass is 245 g/mol. The van der Waals surface area contributed by atoms with E-state index in [0.29, 0.717) is 10.9 Å². The molecule has 0 amide bonds. The van der Waals surface area contributed by atoms with Gasteiger partial charge in [0.2, 0.25) is 0 Å². The van der Waals surface area contributed by atoms with Crippen molar-refractivity contribution in [3.63, 3.8) is 0 Å². The lowest BCUT2D eigenvalue weighted by Crippen LogP contribution is -2.01. The second-order valence-electron chi connectivity index (χ2n) is 3.89. The molecule has 80 valence electrons. The zero-order valence-electron chi connectivity index (χ0n) is 9.14. The maximum atomic E-state index is 2.34. The number of thioether (sulfide) groups is 1. The minimum Gasteiger partial charge on any atom is -0.0714 e. The second-order valence-corrected chi connectivity index (χ2v) is 7.28. The van der Waals surface area contributed by atoms with Gasteiger partial charge in [0.25, 0.3) is 0 Å². The predicted molar refractivity (Wildman–Crippen MR) is 74.2 cm³/mol. The molecule has 0 saturated carbocycles.